The maximum absolute atomic E-state index is 12.4. The summed E-state index contributed by atoms with van der Waals surface area (Å²) in [4.78, 5) is 15.8. The zero-order valence-corrected chi connectivity index (χ0v) is 11.4. The van der Waals surface area contributed by atoms with Crippen molar-refractivity contribution in [3.8, 4) is 0 Å². The summed E-state index contributed by atoms with van der Waals surface area (Å²) < 4.78 is 0. The van der Waals surface area contributed by atoms with Crippen LogP contribution in [0.4, 0.5) is 11.4 Å². The molecule has 0 saturated carbocycles. The van der Waals surface area contributed by atoms with Crippen molar-refractivity contribution < 1.29 is 9.90 Å². The average Bonchev–Trinajstić information content (AvgIpc) is 2.72. The van der Waals surface area contributed by atoms with E-state index in [1.54, 1.807) is 12.1 Å². The van der Waals surface area contributed by atoms with Gasteiger partial charge in [0.15, 0.2) is 6.23 Å². The average molecular weight is 268 g/mol. The molecule has 2 aromatic rings. The van der Waals surface area contributed by atoms with Gasteiger partial charge in [0, 0.05) is 36.6 Å². The van der Waals surface area contributed by atoms with E-state index in [2.05, 4.69) is 0 Å². The summed E-state index contributed by atoms with van der Waals surface area (Å²) in [6.07, 6.45) is -0.920. The maximum atomic E-state index is 12.4. The highest BCUT2D eigenvalue weighted by Gasteiger charge is 2.36. The quantitative estimate of drug-likeness (QED) is 0.909. The SMILES string of the molecule is CN(C)c1cccc(N2C(=O)c3ccccc3C2O)c1. The van der Waals surface area contributed by atoms with Crippen LogP contribution in [-0.4, -0.2) is 25.1 Å². The van der Waals surface area contributed by atoms with E-state index in [1.807, 2.05) is 55.4 Å². The van der Waals surface area contributed by atoms with E-state index in [0.717, 1.165) is 5.69 Å². The molecule has 3 rings (SSSR count). The normalized spacial score (nSPS) is 17.2. The Morgan fingerprint density at radius 2 is 1.85 bits per heavy atom. The number of carbonyl (C=O) groups excluding carboxylic acids is 1. The molecule has 1 aliphatic heterocycles. The van der Waals surface area contributed by atoms with Gasteiger partial charge in [-0.05, 0) is 24.3 Å². The Morgan fingerprint density at radius 1 is 1.10 bits per heavy atom. The van der Waals surface area contributed by atoms with Crippen LogP contribution in [0, 0.1) is 0 Å². The molecule has 4 nitrogen and oxygen atoms in total. The van der Waals surface area contributed by atoms with Crippen molar-refractivity contribution in [1.29, 1.82) is 0 Å². The number of rotatable bonds is 2. The monoisotopic (exact) mass is 268 g/mol. The van der Waals surface area contributed by atoms with Crippen LogP contribution in [0.2, 0.25) is 0 Å². The van der Waals surface area contributed by atoms with Gasteiger partial charge in [-0.2, -0.15) is 0 Å². The van der Waals surface area contributed by atoms with Crippen molar-refractivity contribution in [2.75, 3.05) is 23.9 Å². The lowest BCUT2D eigenvalue weighted by atomic mass is 10.1. The Morgan fingerprint density at radius 3 is 2.55 bits per heavy atom. The van der Waals surface area contributed by atoms with Gasteiger partial charge in [-0.1, -0.05) is 24.3 Å². The van der Waals surface area contributed by atoms with E-state index in [0.29, 0.717) is 16.8 Å². The number of aliphatic hydroxyl groups excluding tert-OH is 1. The lowest BCUT2D eigenvalue weighted by Gasteiger charge is -2.23. The molecular formula is C16H16N2O2. The number of carbonyl (C=O) groups is 1. The molecule has 102 valence electrons. The molecular weight excluding hydrogens is 252 g/mol. The number of amides is 1. The van der Waals surface area contributed by atoms with Crippen LogP contribution in [0.25, 0.3) is 0 Å². The fraction of sp³-hybridized carbons (Fsp3) is 0.188. The second kappa shape index (κ2) is 4.65. The predicted octanol–water partition coefficient (Wildman–Crippen LogP) is 2.40. The Kier molecular flexibility index (Phi) is 2.95. The summed E-state index contributed by atoms with van der Waals surface area (Å²) in [6.45, 7) is 0. The number of hydrogen-bond donors (Lipinski definition) is 1. The van der Waals surface area contributed by atoms with Crippen molar-refractivity contribution in [3.05, 3.63) is 59.7 Å². The molecule has 1 aliphatic rings. The smallest absolute Gasteiger partial charge is 0.261 e. The Labute approximate surface area is 117 Å². The molecule has 1 amide bonds. The van der Waals surface area contributed by atoms with Crippen molar-refractivity contribution >= 4 is 17.3 Å². The molecule has 1 atom stereocenters. The first-order valence-corrected chi connectivity index (χ1v) is 6.47. The number of benzene rings is 2. The lowest BCUT2D eigenvalue weighted by Crippen LogP contribution is -2.27. The standard InChI is InChI=1S/C16H16N2O2/c1-17(2)11-6-5-7-12(10-11)18-15(19)13-8-3-4-9-14(13)16(18)20/h3-10,15,19H,1-2H3. The molecule has 0 radical (unpaired) electrons. The molecule has 0 fully saturated rings. The van der Waals surface area contributed by atoms with Crippen molar-refractivity contribution in [2.24, 2.45) is 0 Å². The summed E-state index contributed by atoms with van der Waals surface area (Å²) in [5.41, 5.74) is 2.91. The zero-order valence-electron chi connectivity index (χ0n) is 11.4. The van der Waals surface area contributed by atoms with Crippen LogP contribution < -0.4 is 9.80 Å². The van der Waals surface area contributed by atoms with E-state index in [4.69, 9.17) is 0 Å². The first-order valence-electron chi connectivity index (χ1n) is 6.47. The zero-order chi connectivity index (χ0) is 14.3. The molecule has 1 N–H and O–H groups in total. The van der Waals surface area contributed by atoms with Crippen LogP contribution in [0.15, 0.2) is 48.5 Å². The van der Waals surface area contributed by atoms with Gasteiger partial charge in [0.05, 0.1) is 0 Å². The summed E-state index contributed by atoms with van der Waals surface area (Å²) in [7, 11) is 3.88. The third-order valence-electron chi connectivity index (χ3n) is 3.56. The van der Waals surface area contributed by atoms with Gasteiger partial charge in [0.25, 0.3) is 5.91 Å². The van der Waals surface area contributed by atoms with Gasteiger partial charge < -0.3 is 10.0 Å². The number of hydrogen-bond acceptors (Lipinski definition) is 3. The van der Waals surface area contributed by atoms with Crippen molar-refractivity contribution in [1.82, 2.24) is 0 Å². The van der Waals surface area contributed by atoms with Gasteiger partial charge in [-0.3, -0.25) is 9.69 Å². The van der Waals surface area contributed by atoms with Crippen LogP contribution in [0.3, 0.4) is 0 Å². The van der Waals surface area contributed by atoms with Gasteiger partial charge in [0.2, 0.25) is 0 Å². The number of anilines is 2. The van der Waals surface area contributed by atoms with Crippen molar-refractivity contribution in [2.45, 2.75) is 6.23 Å². The lowest BCUT2D eigenvalue weighted by molar-refractivity contribution is 0.0935. The van der Waals surface area contributed by atoms with Gasteiger partial charge in [-0.25, -0.2) is 0 Å². The predicted molar refractivity (Wildman–Crippen MR) is 79.0 cm³/mol. The van der Waals surface area contributed by atoms with Gasteiger partial charge in [0.1, 0.15) is 0 Å². The highest BCUT2D eigenvalue weighted by atomic mass is 16.3. The summed E-state index contributed by atoms with van der Waals surface area (Å²) in [6, 6.07) is 14.7. The van der Waals surface area contributed by atoms with E-state index in [1.165, 1.54) is 4.90 Å². The molecule has 0 spiro atoms. The van der Waals surface area contributed by atoms with Crippen LogP contribution in [0.5, 0.6) is 0 Å². The molecule has 1 unspecified atom stereocenters. The number of fused-ring (bicyclic) bond motifs is 1. The maximum Gasteiger partial charge on any atom is 0.261 e. The Bertz CT molecular complexity index is 667. The summed E-state index contributed by atoms with van der Waals surface area (Å²) >= 11 is 0. The number of aliphatic hydroxyl groups is 1. The largest absolute Gasteiger partial charge is 0.378 e. The topological polar surface area (TPSA) is 43.8 Å². The third-order valence-corrected chi connectivity index (χ3v) is 3.56. The first kappa shape index (κ1) is 12.7. The molecule has 0 bridgehead atoms. The second-order valence-electron chi connectivity index (χ2n) is 5.05. The van der Waals surface area contributed by atoms with Crippen LogP contribution in [0.1, 0.15) is 22.1 Å². The number of nitrogens with zero attached hydrogens (tertiary/aromatic N) is 2. The molecule has 4 heteroatoms. The minimum absolute atomic E-state index is 0.163. The highest BCUT2D eigenvalue weighted by molar-refractivity contribution is 6.10. The fourth-order valence-corrected chi connectivity index (χ4v) is 2.48. The van der Waals surface area contributed by atoms with E-state index < -0.39 is 6.23 Å². The minimum atomic E-state index is -0.920. The molecule has 0 aliphatic carbocycles. The second-order valence-corrected chi connectivity index (χ2v) is 5.05. The third kappa shape index (κ3) is 1.85. The first-order chi connectivity index (χ1) is 9.59. The summed E-state index contributed by atoms with van der Waals surface area (Å²) in [5, 5.41) is 10.4. The van der Waals surface area contributed by atoms with Crippen molar-refractivity contribution in [3.63, 3.8) is 0 Å². The van der Waals surface area contributed by atoms with Crippen LogP contribution >= 0.6 is 0 Å². The van der Waals surface area contributed by atoms with Crippen LogP contribution in [-0.2, 0) is 0 Å². The molecule has 20 heavy (non-hydrogen) atoms. The summed E-state index contributed by atoms with van der Waals surface area (Å²) in [5.74, 6) is -0.163. The Balaban J connectivity index is 2.05. The Hall–Kier alpha value is -2.33. The van der Waals surface area contributed by atoms with E-state index >= 15 is 0 Å². The van der Waals surface area contributed by atoms with Gasteiger partial charge >= 0.3 is 0 Å². The highest BCUT2D eigenvalue weighted by Crippen LogP contribution is 2.36. The fourth-order valence-electron chi connectivity index (χ4n) is 2.48. The van der Waals surface area contributed by atoms with Gasteiger partial charge in [-0.15, -0.1) is 0 Å². The van der Waals surface area contributed by atoms with E-state index in [-0.39, 0.29) is 5.91 Å². The minimum Gasteiger partial charge on any atom is -0.378 e. The molecule has 0 aromatic heterocycles. The molecule has 2 aromatic carbocycles. The van der Waals surface area contributed by atoms with E-state index in [9.17, 15) is 9.90 Å². The molecule has 1 heterocycles. The molecule has 0 saturated heterocycles.